The first-order valence-electron chi connectivity index (χ1n) is 0.333. The average Bonchev–Trinajstić information content (AvgIpc) is 1.00. The molecule has 0 aromatic heterocycles. The first-order valence-corrected chi connectivity index (χ1v) is 3.00. The van der Waals surface area contributed by atoms with Gasteiger partial charge < -0.3 is 12.3 Å². The zero-order chi connectivity index (χ0) is 2.00. The molecular weight excluding hydrogens is 191 g/mol. The van der Waals surface area contributed by atoms with Gasteiger partial charge in [-0.2, -0.15) is 0 Å². The molecule has 0 aliphatic heterocycles. The quantitative estimate of drug-likeness (QED) is 0.453. The molecule has 0 aliphatic rings. The van der Waals surface area contributed by atoms with E-state index in [9.17, 15) is 0 Å². The second-order valence-electron chi connectivity index (χ2n) is 0. The molecule has 5 heteroatoms. The van der Waals surface area contributed by atoms with Gasteiger partial charge in [0, 0.05) is 19.5 Å². The summed E-state index contributed by atoms with van der Waals surface area (Å²) in [5.41, 5.74) is 0. The molecule has 6 N–H and O–H groups in total. The van der Waals surface area contributed by atoms with Gasteiger partial charge in [0.15, 0.2) is 0 Å². The Labute approximate surface area is 50.1 Å². The van der Waals surface area contributed by atoms with Gasteiger partial charge in [-0.05, 0) is 0 Å². The molecule has 0 rings (SSSR count). The maximum Gasteiger partial charge on any atom is 0 e. The Morgan fingerprint density at radius 2 is 0.800 bits per heavy atom. The van der Waals surface area contributed by atoms with Crippen LogP contribution in [0.25, 0.3) is 0 Å². The fourth-order valence-corrected chi connectivity index (χ4v) is 0. The molecular formula is H10N2P2Ru. The molecule has 0 saturated heterocycles. The number of hydrogen-bond donors (Lipinski definition) is 2. The van der Waals surface area contributed by atoms with Crippen molar-refractivity contribution in [1.82, 2.24) is 12.3 Å². The fraction of sp³-hybridized carbons (Fsp3) is 0. The van der Waals surface area contributed by atoms with Gasteiger partial charge in [0.2, 0.25) is 0 Å². The zero-order valence-electron chi connectivity index (χ0n) is 2.92. The SMILES string of the molecule is N.N.PP.[Ru]. The molecule has 2 unspecified atom stereocenters. The molecule has 0 aliphatic carbocycles. The molecule has 0 spiro atoms. The van der Waals surface area contributed by atoms with Gasteiger partial charge in [-0.3, -0.25) is 0 Å². The Kier molecular flexibility index (Phi) is 344. The summed E-state index contributed by atoms with van der Waals surface area (Å²) in [5.74, 6) is 0. The fourth-order valence-electron chi connectivity index (χ4n) is 0. The predicted molar refractivity (Wildman–Crippen MR) is 29.5 cm³/mol. The van der Waals surface area contributed by atoms with Crippen LogP contribution in [0.2, 0.25) is 0 Å². The number of rotatable bonds is 0. The molecule has 0 radical (unpaired) electrons. The van der Waals surface area contributed by atoms with Gasteiger partial charge in [-0.15, -0.1) is 17.9 Å². The van der Waals surface area contributed by atoms with Crippen LogP contribution in [0.15, 0.2) is 0 Å². The van der Waals surface area contributed by atoms with Crippen LogP contribution in [0.3, 0.4) is 0 Å². The summed E-state index contributed by atoms with van der Waals surface area (Å²) in [6.07, 6.45) is 0. The van der Waals surface area contributed by atoms with Gasteiger partial charge in [0.05, 0.1) is 0 Å². The Morgan fingerprint density at radius 1 is 0.800 bits per heavy atom. The average molecular weight is 201 g/mol. The van der Waals surface area contributed by atoms with Crippen LogP contribution in [-0.4, -0.2) is 0 Å². The van der Waals surface area contributed by atoms with Crippen molar-refractivity contribution in [3.8, 4) is 0 Å². The third-order valence-corrected chi connectivity index (χ3v) is 0. The van der Waals surface area contributed by atoms with Crippen LogP contribution in [0.4, 0.5) is 0 Å². The van der Waals surface area contributed by atoms with Gasteiger partial charge in [-0.1, -0.05) is 0 Å². The molecule has 2 atom stereocenters. The van der Waals surface area contributed by atoms with Gasteiger partial charge >= 0.3 is 0 Å². The summed E-state index contributed by atoms with van der Waals surface area (Å²) in [7, 11) is 4.67. The smallest absolute Gasteiger partial charge is 0 e. The summed E-state index contributed by atoms with van der Waals surface area (Å²) >= 11 is 0. The van der Waals surface area contributed by atoms with E-state index in [2.05, 4.69) is 17.9 Å². The van der Waals surface area contributed by atoms with Crippen LogP contribution in [0.1, 0.15) is 0 Å². The largest absolute Gasteiger partial charge is 0.344 e. The second-order valence-corrected chi connectivity index (χ2v) is 0. The second kappa shape index (κ2) is 53.2. The molecule has 0 aromatic carbocycles. The minimum Gasteiger partial charge on any atom is -0.344 e. The van der Waals surface area contributed by atoms with Crippen molar-refractivity contribution in [1.29, 1.82) is 0 Å². The number of hydrogen-bond acceptors (Lipinski definition) is 2. The van der Waals surface area contributed by atoms with E-state index in [-0.39, 0.29) is 31.8 Å². The third-order valence-electron chi connectivity index (χ3n) is 0. The van der Waals surface area contributed by atoms with Crippen LogP contribution < -0.4 is 12.3 Å². The molecule has 0 bridgehead atoms. The molecule has 0 aromatic rings. The first-order chi connectivity index (χ1) is 1.00. The summed E-state index contributed by atoms with van der Waals surface area (Å²) < 4.78 is 0. The van der Waals surface area contributed by atoms with Crippen LogP contribution in [0, 0.1) is 0 Å². The van der Waals surface area contributed by atoms with E-state index in [4.69, 9.17) is 0 Å². The van der Waals surface area contributed by atoms with E-state index in [0.29, 0.717) is 0 Å². The van der Waals surface area contributed by atoms with Gasteiger partial charge in [0.1, 0.15) is 0 Å². The van der Waals surface area contributed by atoms with Crippen molar-refractivity contribution in [3.05, 3.63) is 0 Å². The Hall–Kier alpha value is 1.40. The molecule has 2 nitrogen and oxygen atoms in total. The monoisotopic (exact) mass is 202 g/mol. The van der Waals surface area contributed by atoms with E-state index < -0.39 is 0 Å². The Balaban J connectivity index is -0.00000000167. The van der Waals surface area contributed by atoms with Crippen molar-refractivity contribution in [2.45, 2.75) is 0 Å². The summed E-state index contributed by atoms with van der Waals surface area (Å²) in [5, 5.41) is 0. The minimum atomic E-state index is 0. The molecule has 0 heterocycles. The van der Waals surface area contributed by atoms with Crippen molar-refractivity contribution >= 4 is 17.9 Å². The Morgan fingerprint density at radius 3 is 0.800 bits per heavy atom. The van der Waals surface area contributed by atoms with Crippen LogP contribution in [0.5, 0.6) is 0 Å². The molecule has 0 fully saturated rings. The molecule has 0 saturated carbocycles. The van der Waals surface area contributed by atoms with E-state index in [1.54, 1.807) is 0 Å². The topological polar surface area (TPSA) is 70.0 Å². The van der Waals surface area contributed by atoms with Crippen molar-refractivity contribution in [2.24, 2.45) is 0 Å². The normalized spacial score (nSPS) is 1.20. The van der Waals surface area contributed by atoms with E-state index in [0.717, 1.165) is 0 Å². The van der Waals surface area contributed by atoms with E-state index in [1.165, 1.54) is 0 Å². The third kappa shape index (κ3) is 31.8. The minimum absolute atomic E-state index is 0. The first kappa shape index (κ1) is 32.4. The zero-order valence-corrected chi connectivity index (χ0v) is 6.97. The van der Waals surface area contributed by atoms with Crippen molar-refractivity contribution in [2.75, 3.05) is 0 Å². The van der Waals surface area contributed by atoms with Gasteiger partial charge in [0.25, 0.3) is 0 Å². The van der Waals surface area contributed by atoms with Crippen molar-refractivity contribution < 1.29 is 19.5 Å². The van der Waals surface area contributed by atoms with Gasteiger partial charge in [-0.25, -0.2) is 0 Å². The summed E-state index contributed by atoms with van der Waals surface area (Å²) in [6, 6.07) is 0. The maximum atomic E-state index is 2.33. The molecule has 0 amide bonds. The summed E-state index contributed by atoms with van der Waals surface area (Å²) in [6.45, 7) is 0. The standard InChI is InChI=1S/2H3N.H4P2.Ru/c;;1-2;/h2*1H3;1-2H2;. The molecule has 38 valence electrons. The Bertz CT molecular complexity index is 7.61. The van der Waals surface area contributed by atoms with E-state index in [1.807, 2.05) is 0 Å². The molecule has 5 heavy (non-hydrogen) atoms. The van der Waals surface area contributed by atoms with E-state index >= 15 is 0 Å². The van der Waals surface area contributed by atoms with Crippen LogP contribution in [-0.2, 0) is 19.5 Å². The van der Waals surface area contributed by atoms with Crippen molar-refractivity contribution in [3.63, 3.8) is 0 Å². The maximum absolute atomic E-state index is 2.33. The predicted octanol–water partition coefficient (Wildman–Crippen LogP) is 0.973. The summed E-state index contributed by atoms with van der Waals surface area (Å²) in [4.78, 5) is 0. The van der Waals surface area contributed by atoms with Crippen LogP contribution >= 0.6 is 17.9 Å².